The minimum Gasteiger partial charge on any atom is -0.348 e. The number of nitrogens with zero attached hydrogens (tertiary/aromatic N) is 7. The topological polar surface area (TPSA) is 86.3 Å². The van der Waals surface area contributed by atoms with Crippen LogP contribution in [0.4, 0.5) is 5.95 Å². The van der Waals surface area contributed by atoms with E-state index in [4.69, 9.17) is 11.6 Å². The summed E-state index contributed by atoms with van der Waals surface area (Å²) < 4.78 is 3.24. The van der Waals surface area contributed by atoms with Gasteiger partial charge in [0.15, 0.2) is 0 Å². The second kappa shape index (κ2) is 5.25. The average molecular weight is 291 g/mol. The van der Waals surface area contributed by atoms with Gasteiger partial charge in [0.2, 0.25) is 11.2 Å². The molecule has 0 aliphatic heterocycles. The second-order valence-electron chi connectivity index (χ2n) is 4.01. The summed E-state index contributed by atoms with van der Waals surface area (Å²) in [4.78, 5) is 12.3. The van der Waals surface area contributed by atoms with E-state index < -0.39 is 0 Å². The lowest BCUT2D eigenvalue weighted by molar-refractivity contribution is 0.745. The van der Waals surface area contributed by atoms with Crippen molar-refractivity contribution >= 4 is 17.5 Å². The smallest absolute Gasteiger partial charge is 0.256 e. The zero-order chi connectivity index (χ0) is 13.9. The maximum absolute atomic E-state index is 5.89. The summed E-state index contributed by atoms with van der Waals surface area (Å²) in [5.41, 5.74) is 0.879. The number of nitrogens with one attached hydrogen (secondary N) is 1. The molecule has 0 aliphatic rings. The standard InChI is InChI=1S/C11H11ClN8/c1-19-6-3-8(18-19)7-13-10-15-9(12)16-11(17-10)20-5-2-4-14-20/h2-6H,7H2,1H3,(H,13,15,16,17). The molecule has 20 heavy (non-hydrogen) atoms. The normalized spacial score (nSPS) is 10.7. The molecule has 0 amide bonds. The predicted molar refractivity (Wildman–Crippen MR) is 72.5 cm³/mol. The molecule has 0 fully saturated rings. The molecule has 0 aliphatic carbocycles. The van der Waals surface area contributed by atoms with Gasteiger partial charge < -0.3 is 5.32 Å². The van der Waals surface area contributed by atoms with E-state index in [0.717, 1.165) is 5.69 Å². The van der Waals surface area contributed by atoms with Crippen LogP contribution in [0.15, 0.2) is 30.7 Å². The van der Waals surface area contributed by atoms with Crippen molar-refractivity contribution in [2.45, 2.75) is 6.54 Å². The van der Waals surface area contributed by atoms with Gasteiger partial charge in [-0.15, -0.1) is 0 Å². The number of aryl methyl sites for hydroxylation is 1. The van der Waals surface area contributed by atoms with E-state index in [0.29, 0.717) is 18.4 Å². The van der Waals surface area contributed by atoms with Crippen LogP contribution in [0.5, 0.6) is 0 Å². The van der Waals surface area contributed by atoms with Crippen LogP contribution in [0.25, 0.3) is 5.95 Å². The Morgan fingerprint density at radius 1 is 1.25 bits per heavy atom. The highest BCUT2D eigenvalue weighted by atomic mass is 35.5. The first kappa shape index (κ1) is 12.5. The van der Waals surface area contributed by atoms with Crippen LogP contribution in [0.3, 0.4) is 0 Å². The van der Waals surface area contributed by atoms with Crippen LogP contribution in [0.2, 0.25) is 5.28 Å². The van der Waals surface area contributed by atoms with E-state index in [1.54, 1.807) is 23.1 Å². The highest BCUT2D eigenvalue weighted by molar-refractivity contribution is 6.28. The van der Waals surface area contributed by atoms with Crippen LogP contribution >= 0.6 is 11.6 Å². The third-order valence-corrected chi connectivity index (χ3v) is 2.67. The molecule has 0 atom stereocenters. The Kier molecular flexibility index (Phi) is 3.30. The van der Waals surface area contributed by atoms with Crippen LogP contribution in [-0.4, -0.2) is 34.5 Å². The minimum atomic E-state index is 0.106. The fourth-order valence-corrected chi connectivity index (χ4v) is 1.79. The molecule has 0 saturated heterocycles. The quantitative estimate of drug-likeness (QED) is 0.773. The summed E-state index contributed by atoms with van der Waals surface area (Å²) in [6.45, 7) is 0.500. The summed E-state index contributed by atoms with van der Waals surface area (Å²) in [5, 5.41) is 11.5. The first-order valence-corrected chi connectivity index (χ1v) is 6.22. The summed E-state index contributed by atoms with van der Waals surface area (Å²) in [5.74, 6) is 0.736. The van der Waals surface area contributed by atoms with Gasteiger partial charge in [0.05, 0.1) is 12.2 Å². The van der Waals surface area contributed by atoms with Crippen molar-refractivity contribution in [3.05, 3.63) is 41.7 Å². The Balaban J connectivity index is 1.79. The fourth-order valence-electron chi connectivity index (χ4n) is 1.64. The van der Waals surface area contributed by atoms with Gasteiger partial charge in [0, 0.05) is 25.6 Å². The van der Waals surface area contributed by atoms with Gasteiger partial charge in [0.25, 0.3) is 5.95 Å². The van der Waals surface area contributed by atoms with E-state index in [2.05, 4.69) is 30.5 Å². The molecule has 8 nitrogen and oxygen atoms in total. The van der Waals surface area contributed by atoms with Crippen molar-refractivity contribution in [2.24, 2.45) is 7.05 Å². The molecular weight excluding hydrogens is 280 g/mol. The molecule has 0 radical (unpaired) electrons. The van der Waals surface area contributed by atoms with Crippen molar-refractivity contribution in [2.75, 3.05) is 5.32 Å². The molecular formula is C11H11ClN8. The zero-order valence-corrected chi connectivity index (χ0v) is 11.4. The maximum Gasteiger partial charge on any atom is 0.256 e. The van der Waals surface area contributed by atoms with Gasteiger partial charge in [-0.1, -0.05) is 0 Å². The number of aromatic nitrogens is 7. The summed E-state index contributed by atoms with van der Waals surface area (Å²) in [6.07, 6.45) is 5.24. The Morgan fingerprint density at radius 2 is 2.15 bits per heavy atom. The Morgan fingerprint density at radius 3 is 2.85 bits per heavy atom. The first-order chi connectivity index (χ1) is 9.70. The van der Waals surface area contributed by atoms with Gasteiger partial charge >= 0.3 is 0 Å². The van der Waals surface area contributed by atoms with Crippen molar-refractivity contribution in [1.82, 2.24) is 34.5 Å². The number of halogens is 1. The Labute approximate surface area is 119 Å². The van der Waals surface area contributed by atoms with Crippen molar-refractivity contribution in [3.8, 4) is 5.95 Å². The number of hydrogen-bond acceptors (Lipinski definition) is 6. The fraction of sp³-hybridized carbons (Fsp3) is 0.182. The summed E-state index contributed by atoms with van der Waals surface area (Å²) in [6, 6.07) is 3.68. The highest BCUT2D eigenvalue weighted by Gasteiger charge is 2.07. The Hall–Kier alpha value is -2.48. The highest BCUT2D eigenvalue weighted by Crippen LogP contribution is 2.09. The van der Waals surface area contributed by atoms with E-state index in [1.807, 2.05) is 19.3 Å². The first-order valence-electron chi connectivity index (χ1n) is 5.85. The van der Waals surface area contributed by atoms with Crippen molar-refractivity contribution in [1.29, 1.82) is 0 Å². The molecule has 0 saturated carbocycles. The third-order valence-electron chi connectivity index (χ3n) is 2.50. The molecule has 0 aromatic carbocycles. The van der Waals surface area contributed by atoms with Crippen LogP contribution in [-0.2, 0) is 13.6 Å². The average Bonchev–Trinajstić information content (AvgIpc) is 3.07. The molecule has 3 rings (SSSR count). The molecule has 3 aromatic heterocycles. The van der Waals surface area contributed by atoms with Crippen LogP contribution < -0.4 is 5.32 Å². The number of rotatable bonds is 4. The van der Waals surface area contributed by atoms with Crippen LogP contribution in [0.1, 0.15) is 5.69 Å². The molecule has 3 heterocycles. The Bertz CT molecular complexity index is 705. The lowest BCUT2D eigenvalue weighted by Gasteiger charge is -2.05. The zero-order valence-electron chi connectivity index (χ0n) is 10.6. The molecule has 0 spiro atoms. The van der Waals surface area contributed by atoms with Gasteiger partial charge in [-0.3, -0.25) is 4.68 Å². The molecule has 1 N–H and O–H groups in total. The lowest BCUT2D eigenvalue weighted by atomic mass is 10.4. The molecule has 0 bridgehead atoms. The molecule has 9 heteroatoms. The summed E-state index contributed by atoms with van der Waals surface area (Å²) in [7, 11) is 1.86. The maximum atomic E-state index is 5.89. The van der Waals surface area contributed by atoms with Gasteiger partial charge in [0.1, 0.15) is 0 Å². The van der Waals surface area contributed by atoms with E-state index in [-0.39, 0.29) is 5.28 Å². The second-order valence-corrected chi connectivity index (χ2v) is 4.35. The van der Waals surface area contributed by atoms with Crippen LogP contribution in [0, 0.1) is 0 Å². The van der Waals surface area contributed by atoms with Crippen molar-refractivity contribution < 1.29 is 0 Å². The molecule has 0 unspecified atom stereocenters. The summed E-state index contributed by atoms with van der Waals surface area (Å²) >= 11 is 5.89. The van der Waals surface area contributed by atoms with E-state index >= 15 is 0 Å². The molecule has 102 valence electrons. The van der Waals surface area contributed by atoms with E-state index in [9.17, 15) is 0 Å². The molecule has 3 aromatic rings. The largest absolute Gasteiger partial charge is 0.348 e. The predicted octanol–water partition coefficient (Wildman–Crippen LogP) is 1.06. The van der Waals surface area contributed by atoms with Gasteiger partial charge in [-0.2, -0.15) is 25.1 Å². The van der Waals surface area contributed by atoms with Gasteiger partial charge in [-0.05, 0) is 23.7 Å². The van der Waals surface area contributed by atoms with Crippen molar-refractivity contribution in [3.63, 3.8) is 0 Å². The third kappa shape index (κ3) is 2.75. The monoisotopic (exact) mass is 290 g/mol. The van der Waals surface area contributed by atoms with E-state index in [1.165, 1.54) is 4.68 Å². The van der Waals surface area contributed by atoms with Gasteiger partial charge in [-0.25, -0.2) is 4.68 Å². The number of anilines is 1. The lowest BCUT2D eigenvalue weighted by Crippen LogP contribution is -2.09. The SMILES string of the molecule is Cn1ccc(CNc2nc(Cl)nc(-n3cccn3)n2)n1. The minimum absolute atomic E-state index is 0.106. The number of hydrogen-bond donors (Lipinski definition) is 1.